The molecule has 3 aromatic rings. The fraction of sp³-hybridized carbons (Fsp3) is 0.316. The molecule has 3 heterocycles. The minimum absolute atomic E-state index is 0.0790. The van der Waals surface area contributed by atoms with Crippen LogP contribution in [0.15, 0.2) is 41.3 Å². The van der Waals surface area contributed by atoms with Crippen LogP contribution in [0.3, 0.4) is 0 Å². The van der Waals surface area contributed by atoms with Crippen LogP contribution in [-0.2, 0) is 6.18 Å². The van der Waals surface area contributed by atoms with Crippen molar-refractivity contribution in [2.45, 2.75) is 24.9 Å². The van der Waals surface area contributed by atoms with Gasteiger partial charge in [-0.05, 0) is 30.5 Å². The Balaban J connectivity index is 1.75. The number of hydrogen-bond acceptors (Lipinski definition) is 3. The number of hydrogen-bond donors (Lipinski definition) is 2. The topological polar surface area (TPSA) is 90.7 Å². The molecule has 152 valence electrons. The summed E-state index contributed by atoms with van der Waals surface area (Å²) in [6.45, 7) is 0.687. The van der Waals surface area contributed by atoms with Crippen LogP contribution in [0.25, 0.3) is 16.8 Å². The molecule has 1 fully saturated rings. The number of alkyl halides is 3. The normalized spacial score (nSPS) is 15.8. The maximum atomic E-state index is 13.1. The average Bonchev–Trinajstić information content (AvgIpc) is 3.10. The van der Waals surface area contributed by atoms with Crippen molar-refractivity contribution >= 4 is 11.7 Å². The first-order valence-corrected chi connectivity index (χ1v) is 9.00. The molecule has 0 unspecified atom stereocenters. The molecule has 0 bridgehead atoms. The summed E-state index contributed by atoms with van der Waals surface area (Å²) in [5, 5.41) is 13.4. The highest BCUT2D eigenvalue weighted by molar-refractivity contribution is 5.77. The van der Waals surface area contributed by atoms with E-state index in [1.807, 2.05) is 0 Å². The smallest absolute Gasteiger partial charge is 0.416 e. The second-order valence-electron chi connectivity index (χ2n) is 7.00. The van der Waals surface area contributed by atoms with Crippen molar-refractivity contribution < 1.29 is 23.1 Å². The molecule has 7 nitrogen and oxygen atoms in total. The number of carbonyl (C=O) groups is 1. The van der Waals surface area contributed by atoms with Crippen LogP contribution in [-0.4, -0.2) is 43.8 Å². The van der Waals surface area contributed by atoms with Gasteiger partial charge in [-0.25, -0.2) is 9.31 Å². The van der Waals surface area contributed by atoms with Gasteiger partial charge in [0.05, 0.1) is 17.5 Å². The summed E-state index contributed by atoms with van der Waals surface area (Å²) < 4.78 is 40.7. The molecular weight excluding hydrogens is 389 g/mol. The number of carboxylic acid groups (broad SMARTS) is 1. The lowest BCUT2D eigenvalue weighted by Crippen LogP contribution is -2.37. The van der Waals surface area contributed by atoms with Gasteiger partial charge in [-0.2, -0.15) is 18.3 Å². The molecule has 0 aliphatic carbocycles. The summed E-state index contributed by atoms with van der Waals surface area (Å²) in [5.41, 5.74) is 0.441. The number of rotatable bonds is 2. The number of amides is 1. The summed E-state index contributed by atoms with van der Waals surface area (Å²) in [4.78, 5) is 27.3. The molecular formula is C19H17F3N4O3. The molecule has 1 aliphatic rings. The molecule has 2 aromatic heterocycles. The lowest BCUT2D eigenvalue weighted by molar-refractivity contribution is -0.137. The van der Waals surface area contributed by atoms with Gasteiger partial charge in [0, 0.05) is 30.6 Å². The number of nitrogens with one attached hydrogen (secondary N) is 1. The van der Waals surface area contributed by atoms with E-state index in [0.29, 0.717) is 48.4 Å². The molecule has 4 rings (SSSR count). The van der Waals surface area contributed by atoms with E-state index in [-0.39, 0.29) is 11.5 Å². The number of H-pyrrole nitrogens is 1. The number of likely N-dealkylation sites (tertiary alicyclic amines) is 1. The highest BCUT2D eigenvalue weighted by Gasteiger charge is 2.31. The van der Waals surface area contributed by atoms with Gasteiger partial charge < -0.3 is 15.0 Å². The van der Waals surface area contributed by atoms with Crippen LogP contribution < -0.4 is 5.56 Å². The predicted molar refractivity (Wildman–Crippen MR) is 97.8 cm³/mol. The molecule has 29 heavy (non-hydrogen) atoms. The first kappa shape index (κ1) is 19.0. The van der Waals surface area contributed by atoms with Crippen molar-refractivity contribution in [2.24, 2.45) is 0 Å². The maximum Gasteiger partial charge on any atom is 0.416 e. The van der Waals surface area contributed by atoms with Crippen LogP contribution in [0.4, 0.5) is 18.0 Å². The molecule has 0 atom stereocenters. The van der Waals surface area contributed by atoms with Crippen molar-refractivity contribution in [3.63, 3.8) is 0 Å². The summed E-state index contributed by atoms with van der Waals surface area (Å²) in [7, 11) is 0. The number of benzene rings is 1. The maximum absolute atomic E-state index is 13.1. The molecule has 0 spiro atoms. The van der Waals surface area contributed by atoms with Gasteiger partial charge in [-0.3, -0.25) is 4.79 Å². The zero-order valence-electron chi connectivity index (χ0n) is 15.1. The van der Waals surface area contributed by atoms with Gasteiger partial charge in [0.1, 0.15) is 5.65 Å². The lowest BCUT2D eigenvalue weighted by Gasteiger charge is -2.30. The third kappa shape index (κ3) is 3.57. The number of halogens is 3. The Morgan fingerprint density at radius 2 is 1.93 bits per heavy atom. The van der Waals surface area contributed by atoms with E-state index in [4.69, 9.17) is 5.11 Å². The number of nitrogens with zero attached hydrogens (tertiary/aromatic N) is 3. The van der Waals surface area contributed by atoms with Crippen LogP contribution >= 0.6 is 0 Å². The minimum Gasteiger partial charge on any atom is -0.465 e. The van der Waals surface area contributed by atoms with Crippen molar-refractivity contribution in [1.82, 2.24) is 19.5 Å². The molecule has 0 radical (unpaired) electrons. The van der Waals surface area contributed by atoms with E-state index in [1.54, 1.807) is 0 Å². The Hall–Kier alpha value is -3.30. The number of piperidine rings is 1. The molecule has 0 saturated carbocycles. The first-order chi connectivity index (χ1) is 13.7. The van der Waals surface area contributed by atoms with Crippen molar-refractivity contribution in [1.29, 1.82) is 0 Å². The second-order valence-corrected chi connectivity index (χ2v) is 7.00. The predicted octanol–water partition coefficient (Wildman–Crippen LogP) is 3.57. The van der Waals surface area contributed by atoms with Gasteiger partial charge in [0.25, 0.3) is 5.56 Å². The van der Waals surface area contributed by atoms with Crippen LogP contribution in [0.1, 0.15) is 30.0 Å². The quantitative estimate of drug-likeness (QED) is 0.681. The molecule has 10 heteroatoms. The first-order valence-electron chi connectivity index (χ1n) is 9.00. The minimum atomic E-state index is -4.48. The third-order valence-electron chi connectivity index (χ3n) is 5.22. The fourth-order valence-electron chi connectivity index (χ4n) is 3.74. The van der Waals surface area contributed by atoms with Crippen molar-refractivity contribution in [3.8, 4) is 11.1 Å². The zero-order valence-corrected chi connectivity index (χ0v) is 15.1. The Bertz CT molecular complexity index is 1130. The fourth-order valence-corrected chi connectivity index (χ4v) is 3.74. The molecule has 1 amide bonds. The summed E-state index contributed by atoms with van der Waals surface area (Å²) in [6.07, 6.45) is -2.97. The SMILES string of the molecule is O=C(O)N1CCC(c2cc(=O)[nH]c3c(-c4cccc(C(F)(F)F)c4)cnn23)CC1. The molecule has 1 aromatic carbocycles. The van der Waals surface area contributed by atoms with E-state index in [2.05, 4.69) is 10.1 Å². The van der Waals surface area contributed by atoms with E-state index in [0.717, 1.165) is 12.1 Å². The number of aromatic nitrogens is 3. The van der Waals surface area contributed by atoms with Crippen LogP contribution in [0, 0.1) is 0 Å². The molecule has 1 aliphatic heterocycles. The van der Waals surface area contributed by atoms with E-state index >= 15 is 0 Å². The average molecular weight is 406 g/mol. The van der Waals surface area contributed by atoms with Gasteiger partial charge in [0.2, 0.25) is 0 Å². The zero-order chi connectivity index (χ0) is 20.8. The second kappa shape index (κ2) is 6.94. The highest BCUT2D eigenvalue weighted by atomic mass is 19.4. The summed E-state index contributed by atoms with van der Waals surface area (Å²) >= 11 is 0. The van der Waals surface area contributed by atoms with Crippen LogP contribution in [0.2, 0.25) is 0 Å². The molecule has 1 saturated heterocycles. The Labute approximate surface area is 162 Å². The van der Waals surface area contributed by atoms with Gasteiger partial charge >= 0.3 is 12.3 Å². The van der Waals surface area contributed by atoms with Crippen molar-refractivity contribution in [3.05, 3.63) is 58.1 Å². The van der Waals surface area contributed by atoms with Crippen molar-refractivity contribution in [2.75, 3.05) is 13.1 Å². The summed E-state index contributed by atoms with van der Waals surface area (Å²) in [5.74, 6) is -0.0790. The van der Waals surface area contributed by atoms with Gasteiger partial charge in [0.15, 0.2) is 0 Å². The lowest BCUT2D eigenvalue weighted by atomic mass is 9.93. The van der Waals surface area contributed by atoms with Gasteiger partial charge in [-0.15, -0.1) is 0 Å². The van der Waals surface area contributed by atoms with E-state index in [9.17, 15) is 22.8 Å². The molecule has 2 N–H and O–H groups in total. The standard InChI is InChI=1S/C19H17F3N4O3/c20-19(21,22)13-3-1-2-12(8-13)14-10-23-26-15(9-16(27)24-17(14)26)11-4-6-25(7-5-11)18(28)29/h1-3,8-11H,4-7H2,(H,24,27)(H,28,29). The summed E-state index contributed by atoms with van der Waals surface area (Å²) in [6, 6.07) is 6.26. The Morgan fingerprint density at radius 3 is 2.59 bits per heavy atom. The monoisotopic (exact) mass is 406 g/mol. The van der Waals surface area contributed by atoms with Gasteiger partial charge in [-0.1, -0.05) is 12.1 Å². The van der Waals surface area contributed by atoms with Crippen LogP contribution in [0.5, 0.6) is 0 Å². The van der Waals surface area contributed by atoms with E-state index in [1.165, 1.54) is 33.8 Å². The number of aromatic amines is 1. The highest BCUT2D eigenvalue weighted by Crippen LogP contribution is 2.34. The number of fused-ring (bicyclic) bond motifs is 1. The van der Waals surface area contributed by atoms with E-state index < -0.39 is 17.8 Å². The Kier molecular flexibility index (Phi) is 4.56. The largest absolute Gasteiger partial charge is 0.465 e. The third-order valence-corrected chi connectivity index (χ3v) is 5.22. The Morgan fingerprint density at radius 1 is 1.21 bits per heavy atom.